The molecule has 2 heterocycles. The van der Waals surface area contributed by atoms with Crippen LogP contribution in [0.2, 0.25) is 5.02 Å². The summed E-state index contributed by atoms with van der Waals surface area (Å²) in [7, 11) is 1.96. The lowest BCUT2D eigenvalue weighted by atomic mass is 9.89. The van der Waals surface area contributed by atoms with Crippen molar-refractivity contribution in [2.24, 2.45) is 18.7 Å². The molecule has 0 unspecified atom stereocenters. The van der Waals surface area contributed by atoms with Crippen molar-refractivity contribution >= 4 is 11.6 Å². The van der Waals surface area contributed by atoms with E-state index in [1.165, 1.54) is 11.1 Å². The first-order valence-corrected chi connectivity index (χ1v) is 9.78. The lowest BCUT2D eigenvalue weighted by molar-refractivity contribution is 0.317. The number of nitrogens with zero attached hydrogens (tertiary/aromatic N) is 3. The average Bonchev–Trinajstić information content (AvgIpc) is 3.26. The minimum absolute atomic E-state index is 0.479. The number of likely N-dealkylation sites (tertiary alicyclic amines) is 1. The van der Waals surface area contributed by atoms with Crippen molar-refractivity contribution in [3.8, 4) is 11.3 Å². The molecule has 2 atom stereocenters. The first-order valence-electron chi connectivity index (χ1n) is 9.40. The van der Waals surface area contributed by atoms with Crippen LogP contribution < -0.4 is 5.73 Å². The third-order valence-corrected chi connectivity index (χ3v) is 5.80. The van der Waals surface area contributed by atoms with Crippen LogP contribution in [0, 0.1) is 5.92 Å². The standard InChI is InChI=1S/C22H25ClN4/c1-26-12-18(22(25-26)19-9-5-6-10-21(19)23)14-27-13-17(11-24)20(15-27)16-7-3-2-4-8-16/h2-10,12,17,20H,11,13-15,24H2,1H3/t17-,20+/m1/s1. The van der Waals surface area contributed by atoms with Crippen LogP contribution in [0.15, 0.2) is 60.8 Å². The van der Waals surface area contributed by atoms with Gasteiger partial charge in [-0.05, 0) is 24.1 Å². The number of aromatic nitrogens is 2. The molecule has 4 nitrogen and oxygen atoms in total. The van der Waals surface area contributed by atoms with Gasteiger partial charge in [0.2, 0.25) is 0 Å². The van der Waals surface area contributed by atoms with Crippen molar-refractivity contribution in [3.05, 3.63) is 76.9 Å². The summed E-state index contributed by atoms with van der Waals surface area (Å²) in [5, 5.41) is 5.42. The second-order valence-electron chi connectivity index (χ2n) is 7.36. The van der Waals surface area contributed by atoms with Crippen LogP contribution in [0.3, 0.4) is 0 Å². The molecule has 1 fully saturated rings. The number of hydrogen-bond donors (Lipinski definition) is 1. The second kappa shape index (κ2) is 7.85. The highest BCUT2D eigenvalue weighted by Crippen LogP contribution is 2.35. The van der Waals surface area contributed by atoms with E-state index in [0.717, 1.165) is 35.9 Å². The Morgan fingerprint density at radius 2 is 1.81 bits per heavy atom. The van der Waals surface area contributed by atoms with Crippen LogP contribution in [-0.2, 0) is 13.6 Å². The highest BCUT2D eigenvalue weighted by atomic mass is 35.5. The van der Waals surface area contributed by atoms with Crippen molar-refractivity contribution < 1.29 is 0 Å². The molecular formula is C22H25ClN4. The highest BCUT2D eigenvalue weighted by molar-refractivity contribution is 6.33. The van der Waals surface area contributed by atoms with Crippen LogP contribution in [0.4, 0.5) is 0 Å². The molecule has 0 amide bonds. The largest absolute Gasteiger partial charge is 0.330 e. The molecule has 0 radical (unpaired) electrons. The third kappa shape index (κ3) is 3.79. The topological polar surface area (TPSA) is 47.1 Å². The van der Waals surface area contributed by atoms with Gasteiger partial charge in [-0.1, -0.05) is 60.1 Å². The molecule has 0 aliphatic carbocycles. The zero-order valence-corrected chi connectivity index (χ0v) is 16.3. The molecule has 1 aliphatic rings. The summed E-state index contributed by atoms with van der Waals surface area (Å²) in [6.45, 7) is 3.59. The Morgan fingerprint density at radius 1 is 1.07 bits per heavy atom. The van der Waals surface area contributed by atoms with E-state index in [-0.39, 0.29) is 0 Å². The maximum Gasteiger partial charge on any atom is 0.0983 e. The molecule has 4 rings (SSSR count). The van der Waals surface area contributed by atoms with Crippen LogP contribution in [0.25, 0.3) is 11.3 Å². The Bertz CT molecular complexity index is 906. The second-order valence-corrected chi connectivity index (χ2v) is 7.77. The number of hydrogen-bond acceptors (Lipinski definition) is 3. The van der Waals surface area contributed by atoms with Gasteiger partial charge in [0.15, 0.2) is 0 Å². The minimum atomic E-state index is 0.479. The smallest absolute Gasteiger partial charge is 0.0983 e. The Kier molecular flexibility index (Phi) is 5.30. The van der Waals surface area contributed by atoms with Crippen molar-refractivity contribution in [2.75, 3.05) is 19.6 Å². The first-order chi connectivity index (χ1) is 13.2. The lowest BCUT2D eigenvalue weighted by Crippen LogP contribution is -2.23. The first kappa shape index (κ1) is 18.2. The van der Waals surface area contributed by atoms with E-state index in [1.54, 1.807) is 0 Å². The molecule has 5 heteroatoms. The molecule has 1 aliphatic heterocycles. The van der Waals surface area contributed by atoms with Crippen LogP contribution in [0.5, 0.6) is 0 Å². The summed E-state index contributed by atoms with van der Waals surface area (Å²) in [6.07, 6.45) is 2.10. The van der Waals surface area contributed by atoms with Gasteiger partial charge in [0, 0.05) is 49.9 Å². The van der Waals surface area contributed by atoms with Gasteiger partial charge >= 0.3 is 0 Å². The lowest BCUT2D eigenvalue weighted by Gasteiger charge is -2.17. The number of halogens is 1. The van der Waals surface area contributed by atoms with Gasteiger partial charge in [0.25, 0.3) is 0 Å². The van der Waals surface area contributed by atoms with E-state index in [2.05, 4.69) is 46.5 Å². The molecule has 1 saturated heterocycles. The Balaban J connectivity index is 1.58. The number of benzene rings is 2. The molecule has 1 aromatic heterocycles. The van der Waals surface area contributed by atoms with Crippen LogP contribution in [-0.4, -0.2) is 34.3 Å². The van der Waals surface area contributed by atoms with Gasteiger partial charge in [0.1, 0.15) is 0 Å². The van der Waals surface area contributed by atoms with E-state index in [1.807, 2.05) is 36.0 Å². The average molecular weight is 381 g/mol. The van der Waals surface area contributed by atoms with Crippen molar-refractivity contribution in [2.45, 2.75) is 12.5 Å². The van der Waals surface area contributed by atoms with Gasteiger partial charge in [0.05, 0.1) is 10.7 Å². The zero-order valence-electron chi connectivity index (χ0n) is 15.6. The zero-order chi connectivity index (χ0) is 18.8. The molecule has 27 heavy (non-hydrogen) atoms. The molecular weight excluding hydrogens is 356 g/mol. The summed E-state index contributed by atoms with van der Waals surface area (Å²) in [5.41, 5.74) is 10.6. The molecule has 2 aromatic carbocycles. The maximum absolute atomic E-state index is 6.43. The van der Waals surface area contributed by atoms with Crippen LogP contribution in [0.1, 0.15) is 17.0 Å². The molecule has 2 N–H and O–H groups in total. The van der Waals surface area contributed by atoms with Crippen molar-refractivity contribution in [3.63, 3.8) is 0 Å². The fourth-order valence-electron chi connectivity index (χ4n) is 4.18. The fourth-order valence-corrected chi connectivity index (χ4v) is 4.41. The summed E-state index contributed by atoms with van der Waals surface area (Å²) in [4.78, 5) is 2.49. The predicted octanol–water partition coefficient (Wildman–Crippen LogP) is 3.91. The molecule has 0 bridgehead atoms. The van der Waals surface area contributed by atoms with E-state index in [0.29, 0.717) is 18.4 Å². The highest BCUT2D eigenvalue weighted by Gasteiger charge is 2.33. The number of aryl methyl sites for hydroxylation is 1. The quantitative estimate of drug-likeness (QED) is 0.729. The summed E-state index contributed by atoms with van der Waals surface area (Å²) < 4.78 is 1.87. The van der Waals surface area contributed by atoms with Crippen LogP contribution >= 0.6 is 11.6 Å². The van der Waals surface area contributed by atoms with Gasteiger partial charge in [-0.2, -0.15) is 5.10 Å². The molecule has 140 valence electrons. The van der Waals surface area contributed by atoms with Gasteiger partial charge < -0.3 is 5.73 Å². The number of nitrogens with two attached hydrogens (primary N) is 1. The predicted molar refractivity (Wildman–Crippen MR) is 111 cm³/mol. The monoisotopic (exact) mass is 380 g/mol. The van der Waals surface area contributed by atoms with Gasteiger partial charge in [-0.3, -0.25) is 9.58 Å². The summed E-state index contributed by atoms with van der Waals surface area (Å²) in [6, 6.07) is 18.6. The molecule has 0 saturated carbocycles. The molecule has 3 aromatic rings. The minimum Gasteiger partial charge on any atom is -0.330 e. The fraction of sp³-hybridized carbons (Fsp3) is 0.318. The SMILES string of the molecule is Cn1cc(CN2C[C@@H](CN)[C@H](c3ccccc3)C2)c(-c2ccccc2Cl)n1. The summed E-state index contributed by atoms with van der Waals surface area (Å²) in [5.74, 6) is 0.962. The Labute approximate surface area is 165 Å². The van der Waals surface area contributed by atoms with Gasteiger partial charge in [-0.15, -0.1) is 0 Å². The Morgan fingerprint density at radius 3 is 2.56 bits per heavy atom. The van der Waals surface area contributed by atoms with E-state index < -0.39 is 0 Å². The normalized spacial score (nSPS) is 20.3. The van der Waals surface area contributed by atoms with E-state index >= 15 is 0 Å². The Hall–Kier alpha value is -2.14. The van der Waals surface area contributed by atoms with Gasteiger partial charge in [-0.25, -0.2) is 0 Å². The van der Waals surface area contributed by atoms with Crippen molar-refractivity contribution in [1.82, 2.24) is 14.7 Å². The van der Waals surface area contributed by atoms with Crippen molar-refractivity contribution in [1.29, 1.82) is 0 Å². The maximum atomic E-state index is 6.43. The third-order valence-electron chi connectivity index (χ3n) is 5.47. The number of rotatable bonds is 5. The van der Waals surface area contributed by atoms with E-state index in [4.69, 9.17) is 17.3 Å². The van der Waals surface area contributed by atoms with E-state index in [9.17, 15) is 0 Å². The summed E-state index contributed by atoms with van der Waals surface area (Å²) >= 11 is 6.43. The molecule has 0 spiro atoms.